The van der Waals surface area contributed by atoms with Crippen LogP contribution >= 0.6 is 11.6 Å². The number of hydroxylamine groups is 1. The zero-order valence-corrected chi connectivity index (χ0v) is 13.3. The molecule has 0 aliphatic carbocycles. The molecule has 0 aliphatic rings. The van der Waals surface area contributed by atoms with Crippen LogP contribution in [0.25, 0.3) is 0 Å². The number of amides is 1. The summed E-state index contributed by atoms with van der Waals surface area (Å²) in [6.45, 7) is 5.88. The van der Waals surface area contributed by atoms with Gasteiger partial charge >= 0.3 is 6.09 Å². The molecule has 0 unspecified atom stereocenters. The van der Waals surface area contributed by atoms with Crippen molar-refractivity contribution in [3.05, 3.63) is 22.7 Å². The van der Waals surface area contributed by atoms with Gasteiger partial charge in [0.15, 0.2) is 0 Å². The Labute approximate surface area is 129 Å². The molecule has 0 aliphatic heterocycles. The van der Waals surface area contributed by atoms with Crippen molar-refractivity contribution in [3.8, 4) is 5.75 Å². The first kappa shape index (κ1) is 17.6. The molecular weight excluding hydrogens is 298 g/mol. The lowest BCUT2D eigenvalue weighted by molar-refractivity contribution is 0.0948. The van der Waals surface area contributed by atoms with Crippen LogP contribution in [0.1, 0.15) is 26.3 Å². The molecule has 0 bridgehead atoms. The number of halogens is 1. The highest BCUT2D eigenvalue weighted by atomic mass is 35.5. The van der Waals surface area contributed by atoms with Gasteiger partial charge in [0.05, 0.1) is 30.0 Å². The van der Waals surface area contributed by atoms with Crippen molar-refractivity contribution in [2.24, 2.45) is 0 Å². The molecule has 0 atom stereocenters. The van der Waals surface area contributed by atoms with E-state index in [4.69, 9.17) is 25.8 Å². The number of benzene rings is 1. The largest absolute Gasteiger partial charge is 0.492 e. The molecule has 0 saturated heterocycles. The fourth-order valence-electron chi connectivity index (χ4n) is 1.68. The maximum atomic E-state index is 11.7. The molecule has 21 heavy (non-hydrogen) atoms. The summed E-state index contributed by atoms with van der Waals surface area (Å²) in [4.78, 5) is 11.7. The molecule has 0 spiro atoms. The van der Waals surface area contributed by atoms with Crippen molar-refractivity contribution in [3.63, 3.8) is 0 Å². The van der Waals surface area contributed by atoms with Gasteiger partial charge < -0.3 is 14.2 Å². The monoisotopic (exact) mass is 317 g/mol. The molecule has 1 aromatic rings. The summed E-state index contributed by atoms with van der Waals surface area (Å²) in [5, 5.41) is 10.6. The highest BCUT2D eigenvalue weighted by Crippen LogP contribution is 2.34. The molecule has 0 aromatic heterocycles. The molecule has 118 valence electrons. The first-order valence-electron chi connectivity index (χ1n) is 6.54. The number of carbonyl (C=O) groups excluding carboxylic acids is 1. The van der Waals surface area contributed by atoms with E-state index in [2.05, 4.69) is 0 Å². The summed E-state index contributed by atoms with van der Waals surface area (Å²) in [6, 6.07) is 2.98. The number of rotatable bonds is 6. The molecular formula is C14H20ClNO5. The molecule has 0 heterocycles. The molecule has 0 fully saturated rings. The Morgan fingerprint density at radius 2 is 2.10 bits per heavy atom. The smallest absolute Gasteiger partial charge is 0.438 e. The number of anilines is 1. The average molecular weight is 318 g/mol. The van der Waals surface area contributed by atoms with Crippen molar-refractivity contribution < 1.29 is 24.2 Å². The van der Waals surface area contributed by atoms with E-state index in [0.29, 0.717) is 23.0 Å². The minimum Gasteiger partial charge on any atom is -0.492 e. The highest BCUT2D eigenvalue weighted by molar-refractivity contribution is 6.32. The lowest BCUT2D eigenvalue weighted by Gasteiger charge is -2.19. The van der Waals surface area contributed by atoms with Gasteiger partial charge in [0.1, 0.15) is 5.75 Å². The van der Waals surface area contributed by atoms with Gasteiger partial charge in [-0.1, -0.05) is 11.6 Å². The predicted octanol–water partition coefficient (Wildman–Crippen LogP) is 3.63. The van der Waals surface area contributed by atoms with Crippen LogP contribution in [0, 0.1) is 0 Å². The van der Waals surface area contributed by atoms with E-state index in [1.165, 1.54) is 13.2 Å². The van der Waals surface area contributed by atoms with Gasteiger partial charge in [-0.2, -0.15) is 5.06 Å². The Morgan fingerprint density at radius 1 is 1.43 bits per heavy atom. The Balaban J connectivity index is 3.11. The first-order valence-corrected chi connectivity index (χ1v) is 6.92. The second-order valence-corrected chi connectivity index (χ2v) is 4.93. The van der Waals surface area contributed by atoms with Crippen LogP contribution in [0.5, 0.6) is 5.75 Å². The van der Waals surface area contributed by atoms with E-state index in [0.717, 1.165) is 0 Å². The number of methoxy groups -OCH3 is 1. The number of hydrogen-bond donors (Lipinski definition) is 1. The quantitative estimate of drug-likeness (QED) is 0.641. The number of nitrogens with zero attached hydrogens (tertiary/aromatic N) is 1. The van der Waals surface area contributed by atoms with Gasteiger partial charge in [-0.15, -0.1) is 0 Å². The van der Waals surface area contributed by atoms with E-state index in [1.807, 2.05) is 6.92 Å². The van der Waals surface area contributed by atoms with Crippen molar-refractivity contribution in [2.75, 3.05) is 18.8 Å². The SMILES string of the molecule is CCOc1c(Cl)cc(N(O)C(=O)OC(C)C)cc1COC. The zero-order chi connectivity index (χ0) is 16.0. The number of ether oxygens (including phenoxy) is 3. The number of carbonyl (C=O) groups is 1. The van der Waals surface area contributed by atoms with Gasteiger partial charge in [0.25, 0.3) is 0 Å². The van der Waals surface area contributed by atoms with Crippen molar-refractivity contribution in [1.29, 1.82) is 0 Å². The number of hydrogen-bond acceptors (Lipinski definition) is 5. The van der Waals surface area contributed by atoms with Crippen molar-refractivity contribution in [1.82, 2.24) is 0 Å². The molecule has 1 aromatic carbocycles. The van der Waals surface area contributed by atoms with Crippen LogP contribution in [0.2, 0.25) is 5.02 Å². The summed E-state index contributed by atoms with van der Waals surface area (Å²) in [7, 11) is 1.53. The fourth-order valence-corrected chi connectivity index (χ4v) is 1.97. The van der Waals surface area contributed by atoms with E-state index in [-0.39, 0.29) is 23.4 Å². The lowest BCUT2D eigenvalue weighted by atomic mass is 10.2. The van der Waals surface area contributed by atoms with Crippen molar-refractivity contribution in [2.45, 2.75) is 33.5 Å². The molecule has 1 N–H and O–H groups in total. The summed E-state index contributed by atoms with van der Waals surface area (Å²) in [5.74, 6) is 0.468. The third-order valence-electron chi connectivity index (χ3n) is 2.45. The third kappa shape index (κ3) is 4.77. The second kappa shape index (κ2) is 8.07. The van der Waals surface area contributed by atoms with Crippen LogP contribution < -0.4 is 9.80 Å². The van der Waals surface area contributed by atoms with Crippen LogP contribution in [-0.2, 0) is 16.1 Å². The normalized spacial score (nSPS) is 10.6. The van der Waals surface area contributed by atoms with E-state index < -0.39 is 6.09 Å². The molecule has 7 heteroatoms. The molecule has 0 radical (unpaired) electrons. The lowest BCUT2D eigenvalue weighted by Crippen LogP contribution is -2.30. The van der Waals surface area contributed by atoms with Crippen LogP contribution in [0.3, 0.4) is 0 Å². The standard InChI is InChI=1S/C14H20ClNO5/c1-5-20-13-10(8-19-4)6-11(7-12(13)15)16(18)14(17)21-9(2)3/h6-7,9,18H,5,8H2,1-4H3. The summed E-state index contributed by atoms with van der Waals surface area (Å²) in [6.07, 6.45) is -1.22. The van der Waals surface area contributed by atoms with E-state index in [1.54, 1.807) is 19.9 Å². The van der Waals surface area contributed by atoms with Gasteiger partial charge in [-0.25, -0.2) is 4.79 Å². The maximum absolute atomic E-state index is 11.7. The molecule has 1 rings (SSSR count). The third-order valence-corrected chi connectivity index (χ3v) is 2.73. The minimum absolute atomic E-state index is 0.182. The molecule has 6 nitrogen and oxygen atoms in total. The van der Waals surface area contributed by atoms with Crippen molar-refractivity contribution >= 4 is 23.4 Å². The zero-order valence-electron chi connectivity index (χ0n) is 12.6. The van der Waals surface area contributed by atoms with Gasteiger partial charge in [-0.05, 0) is 32.9 Å². The summed E-state index contributed by atoms with van der Waals surface area (Å²) < 4.78 is 15.4. The second-order valence-electron chi connectivity index (χ2n) is 4.53. The Kier molecular flexibility index (Phi) is 6.74. The van der Waals surface area contributed by atoms with E-state index in [9.17, 15) is 10.0 Å². The van der Waals surface area contributed by atoms with Gasteiger partial charge in [0.2, 0.25) is 0 Å². The fraction of sp³-hybridized carbons (Fsp3) is 0.500. The Morgan fingerprint density at radius 3 is 2.62 bits per heavy atom. The highest BCUT2D eigenvalue weighted by Gasteiger charge is 2.20. The minimum atomic E-state index is -0.881. The van der Waals surface area contributed by atoms with Gasteiger partial charge in [0, 0.05) is 12.7 Å². The van der Waals surface area contributed by atoms with Crippen LogP contribution in [0.4, 0.5) is 10.5 Å². The summed E-state index contributed by atoms with van der Waals surface area (Å²) in [5.41, 5.74) is 0.805. The topological polar surface area (TPSA) is 68.2 Å². The van der Waals surface area contributed by atoms with Gasteiger partial charge in [-0.3, -0.25) is 5.21 Å². The Hall–Kier alpha value is -1.50. The maximum Gasteiger partial charge on any atom is 0.438 e. The predicted molar refractivity (Wildman–Crippen MR) is 79.2 cm³/mol. The first-order chi connectivity index (χ1) is 9.90. The van der Waals surface area contributed by atoms with E-state index >= 15 is 0 Å². The Bertz CT molecular complexity index is 492. The molecule has 0 saturated carbocycles. The van der Waals surface area contributed by atoms with Crippen LogP contribution in [0.15, 0.2) is 12.1 Å². The summed E-state index contributed by atoms with van der Waals surface area (Å²) >= 11 is 6.13. The molecule has 1 amide bonds. The van der Waals surface area contributed by atoms with Crippen LogP contribution in [-0.4, -0.2) is 31.1 Å². The average Bonchev–Trinajstić information content (AvgIpc) is 2.41.